The average Bonchev–Trinajstić information content (AvgIpc) is 2.38. The van der Waals surface area contributed by atoms with Crippen LogP contribution in [0.3, 0.4) is 0 Å². The summed E-state index contributed by atoms with van der Waals surface area (Å²) in [4.78, 5) is 23.2. The van der Waals surface area contributed by atoms with Crippen LogP contribution in [0, 0.1) is 5.92 Å². The Morgan fingerprint density at radius 3 is 1.67 bits per heavy atom. The van der Waals surface area contributed by atoms with Gasteiger partial charge in [-0.1, -0.05) is 13.8 Å². The third-order valence-corrected chi connectivity index (χ3v) is 4.99. The van der Waals surface area contributed by atoms with Crippen molar-refractivity contribution in [3.63, 3.8) is 0 Å². The highest BCUT2D eigenvalue weighted by Gasteiger charge is 2.32. The lowest BCUT2D eigenvalue weighted by Crippen LogP contribution is -2.31. The molecule has 0 saturated carbocycles. The lowest BCUT2D eigenvalue weighted by atomic mass is 9.99. The van der Waals surface area contributed by atoms with Gasteiger partial charge in [0.25, 0.3) is 10.1 Å². The number of carbonyl (C=O) groups excluding carboxylic acids is 2. The second-order valence-electron chi connectivity index (χ2n) is 6.45. The molecule has 0 atom stereocenters. The van der Waals surface area contributed by atoms with E-state index in [1.54, 1.807) is 0 Å². The van der Waals surface area contributed by atoms with E-state index >= 15 is 0 Å². The lowest BCUT2D eigenvalue weighted by Gasteiger charge is -2.19. The predicted molar refractivity (Wildman–Crippen MR) is 87.9 cm³/mol. The Kier molecular flexibility index (Phi) is 12.0. The van der Waals surface area contributed by atoms with E-state index in [-0.39, 0.29) is 37.2 Å². The zero-order chi connectivity index (χ0) is 19.6. The molecule has 0 rings (SSSR count). The van der Waals surface area contributed by atoms with Gasteiger partial charge >= 0.3 is 10.6 Å². The Morgan fingerprint density at radius 1 is 0.958 bits per heavy atom. The first-order valence-electron chi connectivity index (χ1n) is 7.46. The van der Waals surface area contributed by atoms with Crippen molar-refractivity contribution in [1.29, 1.82) is 0 Å². The van der Waals surface area contributed by atoms with E-state index < -0.39 is 25.5 Å². The van der Waals surface area contributed by atoms with Crippen LogP contribution in [0.2, 0.25) is 0 Å². The van der Waals surface area contributed by atoms with Crippen molar-refractivity contribution in [3.05, 3.63) is 0 Å². The number of hydrogen-bond acceptors (Lipinski definition) is 7. The Labute approximate surface area is 144 Å². The molecule has 0 amide bonds. The van der Waals surface area contributed by atoms with E-state index in [4.69, 9.17) is 17.2 Å². The molecule has 0 aliphatic rings. The normalized spacial score (nSPS) is 11.6. The molecular formula is C14H26O8S2. The second-order valence-corrected chi connectivity index (χ2v) is 8.91. The maximum atomic E-state index is 11.6. The van der Waals surface area contributed by atoms with Crippen molar-refractivity contribution in [2.45, 2.75) is 71.0 Å². The third kappa shape index (κ3) is 14.5. The number of ketones is 2. The minimum Gasteiger partial charge on any atom is -0.300 e. The summed E-state index contributed by atoms with van der Waals surface area (Å²) < 4.78 is 55.2. The highest BCUT2D eigenvalue weighted by molar-refractivity contribution is 7.87. The second kappa shape index (κ2) is 11.4. The molecule has 0 bridgehead atoms. The largest absolute Gasteiger partial charge is 0.425 e. The summed E-state index contributed by atoms with van der Waals surface area (Å²) in [6, 6.07) is 0. The van der Waals surface area contributed by atoms with Crippen LogP contribution in [-0.2, 0) is 30.3 Å². The minimum atomic E-state index is -4.17. The Morgan fingerprint density at radius 2 is 1.33 bits per heavy atom. The molecule has 0 aromatic carbocycles. The highest BCUT2D eigenvalue weighted by atomic mass is 32.2. The monoisotopic (exact) mass is 386 g/mol. The fourth-order valence-electron chi connectivity index (χ4n) is 1.55. The van der Waals surface area contributed by atoms with Gasteiger partial charge in [-0.2, -0.15) is 8.42 Å². The third-order valence-electron chi connectivity index (χ3n) is 3.39. The van der Waals surface area contributed by atoms with Crippen LogP contribution in [0.1, 0.15) is 66.2 Å². The van der Waals surface area contributed by atoms with Gasteiger partial charge in [0.05, 0.1) is 4.75 Å². The number of Topliss-reactive ketones (excluding diaryl/α,β-unsaturated/α-hetero) is 2. The molecule has 0 aromatic rings. The van der Waals surface area contributed by atoms with E-state index in [9.17, 15) is 18.0 Å². The van der Waals surface area contributed by atoms with Crippen LogP contribution >= 0.6 is 0 Å². The topological polar surface area (TPSA) is 140 Å². The van der Waals surface area contributed by atoms with Crippen molar-refractivity contribution >= 4 is 32.3 Å². The van der Waals surface area contributed by atoms with Gasteiger partial charge in [0.2, 0.25) is 0 Å². The fraction of sp³-hybridized carbons (Fsp3) is 0.857. The molecule has 0 radical (unpaired) electrons. The van der Waals surface area contributed by atoms with Gasteiger partial charge in [-0.25, -0.2) is 0 Å². The van der Waals surface area contributed by atoms with Crippen LogP contribution in [-0.4, -0.2) is 41.9 Å². The number of carbonyl (C=O) groups is 2. The Bertz CT molecular complexity index is 608. The Hall–Kier alpha value is -1.13. The molecule has 1 N–H and O–H groups in total. The quantitative estimate of drug-likeness (QED) is 0.560. The summed E-state index contributed by atoms with van der Waals surface area (Å²) in [5.74, 6) is 0.394. The predicted octanol–water partition coefficient (Wildman–Crippen LogP) is 1.78. The standard InChI is InChI=1S/C14H26O5S.O3S/c1-11(2)5-6-12(15)7-8-13(16)9-10-14(3,4)20(17,18)19;1-4(2)3/h11H,5-10H2,1-4H3,(H,17,18,19);. The zero-order valence-electron chi connectivity index (χ0n) is 14.4. The van der Waals surface area contributed by atoms with Gasteiger partial charge < -0.3 is 0 Å². The molecule has 0 unspecified atom stereocenters. The summed E-state index contributed by atoms with van der Waals surface area (Å²) >= 11 is 0. The molecule has 0 aliphatic heterocycles. The van der Waals surface area contributed by atoms with E-state index in [0.29, 0.717) is 12.3 Å². The van der Waals surface area contributed by atoms with Crippen molar-refractivity contribution in [3.8, 4) is 0 Å². The van der Waals surface area contributed by atoms with Crippen LogP contribution < -0.4 is 0 Å². The molecule has 8 nitrogen and oxygen atoms in total. The van der Waals surface area contributed by atoms with Gasteiger partial charge in [-0.3, -0.25) is 14.1 Å². The van der Waals surface area contributed by atoms with Crippen LogP contribution in [0.25, 0.3) is 0 Å². The fourth-order valence-corrected chi connectivity index (χ4v) is 1.91. The summed E-state index contributed by atoms with van der Waals surface area (Å²) in [6.45, 7) is 6.83. The maximum Gasteiger partial charge on any atom is 0.425 e. The molecule has 0 heterocycles. The zero-order valence-corrected chi connectivity index (χ0v) is 16.1. The minimum absolute atomic E-state index is 0.0598. The summed E-state index contributed by atoms with van der Waals surface area (Å²) in [7, 11) is -7.28. The number of hydrogen-bond donors (Lipinski definition) is 1. The lowest BCUT2D eigenvalue weighted by molar-refractivity contribution is -0.124. The highest BCUT2D eigenvalue weighted by Crippen LogP contribution is 2.22. The maximum absolute atomic E-state index is 11.6. The molecular weight excluding hydrogens is 360 g/mol. The van der Waals surface area contributed by atoms with Gasteiger partial charge in [-0.05, 0) is 32.6 Å². The van der Waals surface area contributed by atoms with Gasteiger partial charge in [-0.15, -0.1) is 12.6 Å². The van der Waals surface area contributed by atoms with Crippen LogP contribution in [0.5, 0.6) is 0 Å². The molecule has 0 aromatic heterocycles. The van der Waals surface area contributed by atoms with E-state index in [1.165, 1.54) is 13.8 Å². The molecule has 0 aliphatic carbocycles. The van der Waals surface area contributed by atoms with Crippen molar-refractivity contribution in [2.75, 3.05) is 0 Å². The van der Waals surface area contributed by atoms with Gasteiger partial charge in [0.15, 0.2) is 0 Å². The van der Waals surface area contributed by atoms with Crippen molar-refractivity contribution < 1.29 is 35.2 Å². The SMILES string of the molecule is CC(C)CCC(=O)CCC(=O)CCC(C)(C)S(=O)(=O)O.O=S(=O)=O. The van der Waals surface area contributed by atoms with Crippen molar-refractivity contribution in [1.82, 2.24) is 0 Å². The summed E-state index contributed by atoms with van der Waals surface area (Å²) in [5.41, 5.74) is 0. The molecule has 0 spiro atoms. The van der Waals surface area contributed by atoms with Crippen LogP contribution in [0.4, 0.5) is 0 Å². The van der Waals surface area contributed by atoms with E-state index in [0.717, 1.165) is 6.42 Å². The molecule has 0 fully saturated rings. The first-order chi connectivity index (χ1) is 10.7. The summed E-state index contributed by atoms with van der Waals surface area (Å²) in [6.07, 6.45) is 1.80. The first-order valence-corrected chi connectivity index (χ1v) is 9.90. The summed E-state index contributed by atoms with van der Waals surface area (Å²) in [5, 5.41) is 0. The average molecular weight is 386 g/mol. The smallest absolute Gasteiger partial charge is 0.300 e. The van der Waals surface area contributed by atoms with E-state index in [2.05, 4.69) is 0 Å². The van der Waals surface area contributed by atoms with Gasteiger partial charge in [0.1, 0.15) is 11.6 Å². The van der Waals surface area contributed by atoms with Crippen LogP contribution in [0.15, 0.2) is 0 Å². The van der Waals surface area contributed by atoms with Gasteiger partial charge in [0, 0.05) is 25.7 Å². The molecule has 0 saturated heterocycles. The van der Waals surface area contributed by atoms with Crippen molar-refractivity contribution in [2.24, 2.45) is 5.92 Å². The first kappa shape index (κ1) is 25.1. The Balaban J connectivity index is 0. The number of rotatable bonds is 10. The van der Waals surface area contributed by atoms with E-state index in [1.807, 2.05) is 13.8 Å². The molecule has 24 heavy (non-hydrogen) atoms. The molecule has 142 valence electrons. The molecule has 10 heteroatoms.